The van der Waals surface area contributed by atoms with Gasteiger partial charge in [0, 0.05) is 18.3 Å². The Kier molecular flexibility index (Phi) is 5.02. The van der Waals surface area contributed by atoms with Crippen LogP contribution in [0.1, 0.15) is 5.69 Å². The van der Waals surface area contributed by atoms with Crippen molar-refractivity contribution < 1.29 is 32.4 Å². The van der Waals surface area contributed by atoms with E-state index in [-0.39, 0.29) is 23.7 Å². The highest BCUT2D eigenvalue weighted by atomic mass is 19.4. The molecule has 0 aliphatic heterocycles. The van der Waals surface area contributed by atoms with Gasteiger partial charge in [-0.3, -0.25) is 14.8 Å². The van der Waals surface area contributed by atoms with Gasteiger partial charge < -0.3 is 9.47 Å². The van der Waals surface area contributed by atoms with E-state index >= 15 is 0 Å². The molecule has 11 heteroatoms. The second-order valence-electron chi connectivity index (χ2n) is 4.51. The maximum atomic E-state index is 12.2. The molecule has 0 atom stereocenters. The number of ether oxygens (including phenoxy) is 2. The number of nitro groups is 1. The summed E-state index contributed by atoms with van der Waals surface area (Å²) in [6, 6.07) is 5.96. The van der Waals surface area contributed by atoms with Crippen molar-refractivity contribution in [1.29, 1.82) is 0 Å². The second-order valence-corrected chi connectivity index (χ2v) is 4.51. The van der Waals surface area contributed by atoms with Crippen molar-refractivity contribution >= 4 is 11.8 Å². The predicted octanol–water partition coefficient (Wildman–Crippen LogP) is 3.07. The largest absolute Gasteiger partial charge is 0.514 e. The first-order valence-electron chi connectivity index (χ1n) is 6.41. The van der Waals surface area contributed by atoms with Crippen LogP contribution in [0, 0.1) is 10.1 Å². The van der Waals surface area contributed by atoms with E-state index in [1.54, 1.807) is 0 Å². The number of hydrogen-bond acceptors (Lipinski definition) is 6. The fourth-order valence-electron chi connectivity index (χ4n) is 1.65. The number of hydrogen-bond donors (Lipinski definition) is 0. The monoisotopic (exact) mass is 345 g/mol. The van der Waals surface area contributed by atoms with E-state index in [9.17, 15) is 28.1 Å². The molecule has 1 aromatic heterocycles. The third kappa shape index (κ3) is 5.26. The van der Waals surface area contributed by atoms with Gasteiger partial charge in [0.2, 0.25) is 0 Å². The van der Waals surface area contributed by atoms with E-state index in [1.807, 2.05) is 0 Å². The van der Waals surface area contributed by atoms with E-state index in [1.165, 1.54) is 18.2 Å². The van der Waals surface area contributed by atoms with Crippen molar-refractivity contribution in [1.82, 2.24) is 9.78 Å². The average Bonchev–Trinajstić information content (AvgIpc) is 2.91. The van der Waals surface area contributed by atoms with Crippen LogP contribution in [0.4, 0.5) is 23.7 Å². The first-order chi connectivity index (χ1) is 11.2. The van der Waals surface area contributed by atoms with Crippen LogP contribution in [-0.2, 0) is 17.9 Å². The van der Waals surface area contributed by atoms with Crippen LogP contribution in [-0.4, -0.2) is 27.0 Å². The molecule has 0 fully saturated rings. The number of nitrogens with zero attached hydrogens (tertiary/aromatic N) is 3. The molecule has 0 bridgehead atoms. The zero-order valence-electron chi connectivity index (χ0n) is 11.9. The van der Waals surface area contributed by atoms with Gasteiger partial charge in [-0.25, -0.2) is 4.79 Å². The summed E-state index contributed by atoms with van der Waals surface area (Å²) < 4.78 is 46.7. The molecule has 128 valence electrons. The molecule has 0 unspecified atom stereocenters. The third-order valence-electron chi connectivity index (χ3n) is 2.62. The number of carbonyl (C=O) groups is 1. The van der Waals surface area contributed by atoms with Crippen LogP contribution in [0.3, 0.4) is 0 Å². The minimum Gasteiger partial charge on any atom is -0.427 e. The summed E-state index contributed by atoms with van der Waals surface area (Å²) in [5.74, 6) is 0.0215. The van der Waals surface area contributed by atoms with Gasteiger partial charge >= 0.3 is 12.3 Å². The van der Waals surface area contributed by atoms with Gasteiger partial charge in [0.1, 0.15) is 24.6 Å². The number of aromatic nitrogens is 2. The van der Waals surface area contributed by atoms with E-state index in [0.29, 0.717) is 4.68 Å². The molecule has 1 aromatic carbocycles. The highest BCUT2D eigenvalue weighted by Gasteiger charge is 2.28. The van der Waals surface area contributed by atoms with Gasteiger partial charge in [-0.15, -0.1) is 0 Å². The minimum absolute atomic E-state index is 0.0215. The van der Waals surface area contributed by atoms with E-state index in [4.69, 9.17) is 9.47 Å². The summed E-state index contributed by atoms with van der Waals surface area (Å²) in [5, 5.41) is 14.1. The lowest BCUT2D eigenvalue weighted by Gasteiger charge is -2.06. The quantitative estimate of drug-likeness (QED) is 0.358. The minimum atomic E-state index is -4.40. The van der Waals surface area contributed by atoms with Crippen LogP contribution in [0.15, 0.2) is 36.5 Å². The van der Waals surface area contributed by atoms with Gasteiger partial charge in [-0.05, 0) is 18.2 Å². The van der Waals surface area contributed by atoms with E-state index < -0.39 is 23.8 Å². The summed E-state index contributed by atoms with van der Waals surface area (Å²) in [6.45, 7) is -1.63. The Hall–Kier alpha value is -3.11. The molecule has 2 aromatic rings. The van der Waals surface area contributed by atoms with Crippen molar-refractivity contribution in [3.8, 4) is 5.75 Å². The Morgan fingerprint density at radius 1 is 1.25 bits per heavy atom. The molecule has 0 amide bonds. The molecule has 24 heavy (non-hydrogen) atoms. The number of non-ortho nitro benzene ring substituents is 1. The standard InChI is InChI=1S/C13H10F3N3O5/c14-13(15,16)8-18-6-5-9(17-18)7-23-12(20)24-11-3-1-10(2-4-11)19(21)22/h1-6H,7-8H2. The lowest BCUT2D eigenvalue weighted by Crippen LogP contribution is -2.18. The molecule has 0 spiro atoms. The van der Waals surface area contributed by atoms with Crippen molar-refractivity contribution in [3.63, 3.8) is 0 Å². The number of carbonyl (C=O) groups excluding carboxylic acids is 1. The lowest BCUT2D eigenvalue weighted by atomic mass is 10.3. The van der Waals surface area contributed by atoms with Crippen molar-refractivity contribution in [2.24, 2.45) is 0 Å². The molecular formula is C13H10F3N3O5. The third-order valence-corrected chi connectivity index (χ3v) is 2.62. The van der Waals surface area contributed by atoms with Gasteiger partial charge in [0.05, 0.1) is 4.92 Å². The number of nitro benzene ring substituents is 1. The number of halogens is 3. The van der Waals surface area contributed by atoms with Crippen LogP contribution in [0.2, 0.25) is 0 Å². The van der Waals surface area contributed by atoms with Gasteiger partial charge in [0.15, 0.2) is 0 Å². The smallest absolute Gasteiger partial charge is 0.427 e. The van der Waals surface area contributed by atoms with Crippen LogP contribution < -0.4 is 4.74 Å². The first-order valence-corrected chi connectivity index (χ1v) is 6.41. The summed E-state index contributed by atoms with van der Waals surface area (Å²) in [4.78, 5) is 21.3. The Labute approximate surface area is 132 Å². The van der Waals surface area contributed by atoms with Crippen molar-refractivity contribution in [2.45, 2.75) is 19.3 Å². The number of rotatable bonds is 5. The van der Waals surface area contributed by atoms with Crippen LogP contribution in [0.5, 0.6) is 5.75 Å². The molecule has 8 nitrogen and oxygen atoms in total. The maximum absolute atomic E-state index is 12.2. The summed E-state index contributed by atoms with van der Waals surface area (Å²) >= 11 is 0. The SMILES string of the molecule is O=C(OCc1ccn(CC(F)(F)F)n1)Oc1ccc([N+](=O)[O-])cc1. The summed E-state index contributed by atoms with van der Waals surface area (Å²) in [5.41, 5.74) is -0.0641. The van der Waals surface area contributed by atoms with E-state index in [0.717, 1.165) is 18.3 Å². The zero-order chi connectivity index (χ0) is 17.7. The maximum Gasteiger partial charge on any atom is 0.514 e. The molecule has 0 radical (unpaired) electrons. The Morgan fingerprint density at radius 3 is 2.50 bits per heavy atom. The van der Waals surface area contributed by atoms with Crippen LogP contribution in [0.25, 0.3) is 0 Å². The molecule has 0 saturated carbocycles. The summed E-state index contributed by atoms with van der Waals surface area (Å²) in [7, 11) is 0. The zero-order valence-corrected chi connectivity index (χ0v) is 11.9. The van der Waals surface area contributed by atoms with Crippen molar-refractivity contribution in [3.05, 3.63) is 52.3 Å². The highest BCUT2D eigenvalue weighted by molar-refractivity contribution is 5.63. The first kappa shape index (κ1) is 17.2. The van der Waals surface area contributed by atoms with Gasteiger partial charge in [0.25, 0.3) is 5.69 Å². The second kappa shape index (κ2) is 6.98. The number of alkyl halides is 3. The van der Waals surface area contributed by atoms with Crippen molar-refractivity contribution in [2.75, 3.05) is 0 Å². The van der Waals surface area contributed by atoms with Gasteiger partial charge in [-0.1, -0.05) is 0 Å². The normalized spacial score (nSPS) is 11.1. The van der Waals surface area contributed by atoms with Gasteiger partial charge in [-0.2, -0.15) is 18.3 Å². The summed E-state index contributed by atoms with van der Waals surface area (Å²) in [6.07, 6.45) is -4.42. The average molecular weight is 345 g/mol. The highest BCUT2D eigenvalue weighted by Crippen LogP contribution is 2.18. The Balaban J connectivity index is 1.84. The number of benzene rings is 1. The molecular weight excluding hydrogens is 335 g/mol. The fraction of sp³-hybridized carbons (Fsp3) is 0.231. The molecule has 0 aliphatic rings. The Morgan fingerprint density at radius 2 is 1.92 bits per heavy atom. The predicted molar refractivity (Wildman–Crippen MR) is 72.2 cm³/mol. The lowest BCUT2D eigenvalue weighted by molar-refractivity contribution is -0.384. The topological polar surface area (TPSA) is 96.5 Å². The van der Waals surface area contributed by atoms with E-state index in [2.05, 4.69) is 5.10 Å². The molecule has 2 rings (SSSR count). The molecule has 0 saturated heterocycles. The molecule has 0 N–H and O–H groups in total. The molecule has 0 aliphatic carbocycles. The fourth-order valence-corrected chi connectivity index (χ4v) is 1.65. The molecule has 1 heterocycles. The Bertz CT molecular complexity index is 727. The van der Waals surface area contributed by atoms with Crippen LogP contribution >= 0.6 is 0 Å².